The molecule has 0 amide bonds. The lowest BCUT2D eigenvalue weighted by Gasteiger charge is -2.24. The van der Waals surface area contributed by atoms with E-state index in [2.05, 4.69) is 0 Å². The van der Waals surface area contributed by atoms with E-state index in [0.717, 1.165) is 17.7 Å². The standard InChI is InChI=1S/C18H22F3N3O/c19-18(20,21)15-8-6-14(7-9-15)11-24(23)12-17(25)16(22)10-13-4-2-1-3-5-13/h1-9,16-17,25H,10-12,22-23H2/t16-,17-/m0/s1. The van der Waals surface area contributed by atoms with Gasteiger partial charge in [0.1, 0.15) is 0 Å². The number of alkyl halides is 3. The lowest BCUT2D eigenvalue weighted by atomic mass is 10.0. The summed E-state index contributed by atoms with van der Waals surface area (Å²) in [6.07, 6.45) is -4.70. The fourth-order valence-corrected chi connectivity index (χ4v) is 2.50. The zero-order chi connectivity index (χ0) is 18.4. The number of hydrogen-bond acceptors (Lipinski definition) is 4. The van der Waals surface area contributed by atoms with Gasteiger partial charge >= 0.3 is 6.18 Å². The largest absolute Gasteiger partial charge is 0.416 e. The molecule has 0 spiro atoms. The molecule has 0 aliphatic heterocycles. The molecule has 25 heavy (non-hydrogen) atoms. The maximum atomic E-state index is 12.5. The Hall–Kier alpha value is -1.93. The summed E-state index contributed by atoms with van der Waals surface area (Å²) in [4.78, 5) is 0. The van der Waals surface area contributed by atoms with Crippen LogP contribution < -0.4 is 11.6 Å². The van der Waals surface area contributed by atoms with E-state index in [4.69, 9.17) is 11.6 Å². The van der Waals surface area contributed by atoms with E-state index in [-0.39, 0.29) is 13.1 Å². The first-order chi connectivity index (χ1) is 11.8. The van der Waals surface area contributed by atoms with Gasteiger partial charge in [0.25, 0.3) is 0 Å². The highest BCUT2D eigenvalue weighted by atomic mass is 19.4. The topological polar surface area (TPSA) is 75.5 Å². The fraction of sp³-hybridized carbons (Fsp3) is 0.333. The Labute approximate surface area is 144 Å². The van der Waals surface area contributed by atoms with Crippen LogP contribution in [0.15, 0.2) is 54.6 Å². The maximum absolute atomic E-state index is 12.5. The van der Waals surface area contributed by atoms with Gasteiger partial charge < -0.3 is 10.8 Å². The van der Waals surface area contributed by atoms with Gasteiger partial charge in [-0.2, -0.15) is 13.2 Å². The minimum atomic E-state index is -4.36. The fourth-order valence-electron chi connectivity index (χ4n) is 2.50. The number of halogens is 3. The third-order valence-corrected chi connectivity index (χ3v) is 3.90. The van der Waals surface area contributed by atoms with E-state index < -0.39 is 23.9 Å². The molecule has 2 aromatic carbocycles. The third kappa shape index (κ3) is 6.13. The molecule has 0 radical (unpaired) electrons. The van der Waals surface area contributed by atoms with Gasteiger partial charge in [-0.15, -0.1) is 0 Å². The summed E-state index contributed by atoms with van der Waals surface area (Å²) in [6.45, 7) is 0.336. The Bertz CT molecular complexity index is 647. The van der Waals surface area contributed by atoms with Gasteiger partial charge in [0.15, 0.2) is 0 Å². The number of nitrogens with zero attached hydrogens (tertiary/aromatic N) is 1. The maximum Gasteiger partial charge on any atom is 0.416 e. The second-order valence-corrected chi connectivity index (χ2v) is 6.05. The van der Waals surface area contributed by atoms with Gasteiger partial charge in [0.05, 0.1) is 11.7 Å². The quantitative estimate of drug-likeness (QED) is 0.527. The predicted octanol–water partition coefficient (Wildman–Crippen LogP) is 2.31. The van der Waals surface area contributed by atoms with E-state index in [1.165, 1.54) is 17.1 Å². The van der Waals surface area contributed by atoms with Crippen LogP contribution in [0.5, 0.6) is 0 Å². The lowest BCUT2D eigenvalue weighted by molar-refractivity contribution is -0.137. The number of rotatable bonds is 7. The molecular formula is C18H22F3N3O. The Morgan fingerprint density at radius 3 is 2.12 bits per heavy atom. The summed E-state index contributed by atoms with van der Waals surface area (Å²) < 4.78 is 37.6. The van der Waals surface area contributed by atoms with Gasteiger partial charge in [-0.25, -0.2) is 5.01 Å². The van der Waals surface area contributed by atoms with Crippen LogP contribution in [0.25, 0.3) is 0 Å². The van der Waals surface area contributed by atoms with Crippen LogP contribution in [0.4, 0.5) is 13.2 Å². The van der Waals surface area contributed by atoms with Crippen molar-refractivity contribution in [1.82, 2.24) is 5.01 Å². The van der Waals surface area contributed by atoms with Gasteiger partial charge in [-0.1, -0.05) is 42.5 Å². The molecule has 7 heteroatoms. The van der Waals surface area contributed by atoms with Gasteiger partial charge in [-0.05, 0) is 29.7 Å². The van der Waals surface area contributed by atoms with Gasteiger partial charge in [0, 0.05) is 19.1 Å². The summed E-state index contributed by atoms with van der Waals surface area (Å²) in [5.74, 6) is 5.86. The highest BCUT2D eigenvalue weighted by molar-refractivity contribution is 5.24. The predicted molar refractivity (Wildman–Crippen MR) is 90.2 cm³/mol. The molecule has 5 N–H and O–H groups in total. The van der Waals surface area contributed by atoms with Crippen molar-refractivity contribution in [3.8, 4) is 0 Å². The SMILES string of the molecule is N[C@@H](Cc1ccccc1)[C@@H](O)CN(N)Cc1ccc(C(F)(F)F)cc1. The summed E-state index contributed by atoms with van der Waals surface area (Å²) in [5.41, 5.74) is 6.94. The summed E-state index contributed by atoms with van der Waals surface area (Å²) in [7, 11) is 0. The van der Waals surface area contributed by atoms with E-state index in [0.29, 0.717) is 12.0 Å². The Morgan fingerprint density at radius 2 is 1.56 bits per heavy atom. The second-order valence-electron chi connectivity index (χ2n) is 6.05. The first-order valence-corrected chi connectivity index (χ1v) is 7.89. The zero-order valence-corrected chi connectivity index (χ0v) is 13.7. The number of hydrazine groups is 1. The van der Waals surface area contributed by atoms with Crippen LogP contribution in [-0.2, 0) is 19.1 Å². The van der Waals surface area contributed by atoms with Gasteiger partial charge in [-0.3, -0.25) is 5.84 Å². The molecule has 4 nitrogen and oxygen atoms in total. The summed E-state index contributed by atoms with van der Waals surface area (Å²) in [6, 6.07) is 13.8. The van der Waals surface area contributed by atoms with Crippen molar-refractivity contribution in [3.63, 3.8) is 0 Å². The Morgan fingerprint density at radius 1 is 0.960 bits per heavy atom. The second kappa shape index (κ2) is 8.44. The van der Waals surface area contributed by atoms with Crippen LogP contribution >= 0.6 is 0 Å². The molecule has 0 heterocycles. The molecule has 2 rings (SSSR count). The van der Waals surface area contributed by atoms with Crippen molar-refractivity contribution in [2.75, 3.05) is 6.54 Å². The van der Waals surface area contributed by atoms with E-state index >= 15 is 0 Å². The zero-order valence-electron chi connectivity index (χ0n) is 13.7. The molecule has 2 aromatic rings. The Kier molecular flexibility index (Phi) is 6.55. The van der Waals surface area contributed by atoms with Crippen LogP contribution in [-0.4, -0.2) is 28.8 Å². The lowest BCUT2D eigenvalue weighted by Crippen LogP contribution is -2.46. The molecular weight excluding hydrogens is 331 g/mol. The molecule has 0 aliphatic carbocycles. The number of nitrogens with two attached hydrogens (primary N) is 2. The van der Waals surface area contributed by atoms with Crippen molar-refractivity contribution in [3.05, 3.63) is 71.3 Å². The van der Waals surface area contributed by atoms with Crippen molar-refractivity contribution in [2.24, 2.45) is 11.6 Å². The number of aliphatic hydroxyl groups is 1. The highest BCUT2D eigenvalue weighted by Gasteiger charge is 2.30. The molecule has 0 aromatic heterocycles. The monoisotopic (exact) mass is 353 g/mol. The van der Waals surface area contributed by atoms with Crippen LogP contribution in [0.2, 0.25) is 0 Å². The highest BCUT2D eigenvalue weighted by Crippen LogP contribution is 2.29. The molecule has 0 saturated heterocycles. The third-order valence-electron chi connectivity index (χ3n) is 3.90. The molecule has 0 saturated carbocycles. The van der Waals surface area contributed by atoms with Gasteiger partial charge in [0.2, 0.25) is 0 Å². The van der Waals surface area contributed by atoms with Crippen molar-refractivity contribution in [2.45, 2.75) is 31.3 Å². The minimum absolute atomic E-state index is 0.120. The van der Waals surface area contributed by atoms with E-state index in [1.807, 2.05) is 30.3 Å². The molecule has 2 atom stereocenters. The first-order valence-electron chi connectivity index (χ1n) is 7.89. The van der Waals surface area contributed by atoms with E-state index in [9.17, 15) is 18.3 Å². The van der Waals surface area contributed by atoms with Crippen LogP contribution in [0, 0.1) is 0 Å². The van der Waals surface area contributed by atoms with Crippen molar-refractivity contribution >= 4 is 0 Å². The molecule has 136 valence electrons. The first kappa shape index (κ1) is 19.4. The number of aliphatic hydroxyl groups excluding tert-OH is 1. The molecule has 0 fully saturated rings. The summed E-state index contributed by atoms with van der Waals surface area (Å²) in [5, 5.41) is 11.5. The normalized spacial score (nSPS) is 14.5. The molecule has 0 aliphatic rings. The van der Waals surface area contributed by atoms with Crippen molar-refractivity contribution < 1.29 is 18.3 Å². The molecule has 0 bridgehead atoms. The molecule has 0 unspecified atom stereocenters. The van der Waals surface area contributed by atoms with Crippen molar-refractivity contribution in [1.29, 1.82) is 0 Å². The smallest absolute Gasteiger partial charge is 0.390 e. The van der Waals surface area contributed by atoms with E-state index in [1.54, 1.807) is 0 Å². The van der Waals surface area contributed by atoms with Crippen LogP contribution in [0.3, 0.4) is 0 Å². The number of benzene rings is 2. The average molecular weight is 353 g/mol. The average Bonchev–Trinajstić information content (AvgIpc) is 2.55. The Balaban J connectivity index is 1.85. The minimum Gasteiger partial charge on any atom is -0.390 e. The van der Waals surface area contributed by atoms with Crippen LogP contribution in [0.1, 0.15) is 16.7 Å². The number of hydrogen-bond donors (Lipinski definition) is 3. The summed E-state index contributed by atoms with van der Waals surface area (Å²) >= 11 is 0.